The Labute approximate surface area is 128 Å². The average Bonchev–Trinajstić information content (AvgIpc) is 2.51. The van der Waals surface area contributed by atoms with Crippen LogP contribution in [-0.2, 0) is 13.1 Å². The van der Waals surface area contributed by atoms with Crippen LogP contribution in [0.2, 0.25) is 0 Å². The molecule has 5 nitrogen and oxygen atoms in total. The predicted molar refractivity (Wildman–Crippen MR) is 87.0 cm³/mol. The smallest absolute Gasteiger partial charge is 0.0545 e. The van der Waals surface area contributed by atoms with Crippen LogP contribution in [0.15, 0.2) is 18.2 Å². The summed E-state index contributed by atoms with van der Waals surface area (Å²) in [5.41, 5.74) is 7.89. The molecule has 0 saturated carbocycles. The summed E-state index contributed by atoms with van der Waals surface area (Å²) in [4.78, 5) is 7.21. The van der Waals surface area contributed by atoms with E-state index in [1.807, 2.05) is 0 Å². The Kier molecular flexibility index (Phi) is 7.67. The molecule has 0 atom stereocenters. The SMILES string of the molecule is NCCCN1CCCNCc2cccc(n2)CNCCC1. The van der Waals surface area contributed by atoms with Crippen LogP contribution >= 0.6 is 0 Å². The van der Waals surface area contributed by atoms with Crippen molar-refractivity contribution in [3.63, 3.8) is 0 Å². The summed E-state index contributed by atoms with van der Waals surface area (Å²) in [6, 6.07) is 6.28. The maximum absolute atomic E-state index is 5.63. The van der Waals surface area contributed by atoms with Gasteiger partial charge in [-0.3, -0.25) is 4.98 Å². The van der Waals surface area contributed by atoms with Crippen LogP contribution in [0.25, 0.3) is 0 Å². The monoisotopic (exact) mass is 291 g/mol. The molecule has 2 rings (SSSR count). The summed E-state index contributed by atoms with van der Waals surface area (Å²) in [5, 5.41) is 6.98. The fourth-order valence-electron chi connectivity index (χ4n) is 2.66. The Morgan fingerprint density at radius 3 is 2.24 bits per heavy atom. The lowest BCUT2D eigenvalue weighted by Crippen LogP contribution is -2.32. The zero-order valence-electron chi connectivity index (χ0n) is 13.0. The van der Waals surface area contributed by atoms with Crippen LogP contribution in [0, 0.1) is 0 Å². The van der Waals surface area contributed by atoms with Gasteiger partial charge in [-0.2, -0.15) is 0 Å². The molecule has 0 radical (unpaired) electrons. The van der Waals surface area contributed by atoms with Crippen molar-refractivity contribution in [1.29, 1.82) is 0 Å². The van der Waals surface area contributed by atoms with E-state index in [9.17, 15) is 0 Å². The average molecular weight is 291 g/mol. The number of nitrogens with two attached hydrogens (primary N) is 1. The predicted octanol–water partition coefficient (Wildman–Crippen LogP) is 0.705. The number of hydrogen-bond donors (Lipinski definition) is 3. The maximum atomic E-state index is 5.63. The van der Waals surface area contributed by atoms with Gasteiger partial charge in [0.05, 0.1) is 11.4 Å². The molecule has 118 valence electrons. The quantitative estimate of drug-likeness (QED) is 0.765. The van der Waals surface area contributed by atoms with E-state index < -0.39 is 0 Å². The third-order valence-electron chi connectivity index (χ3n) is 3.81. The summed E-state index contributed by atoms with van der Waals surface area (Å²) in [5.74, 6) is 0. The normalized spacial score (nSPS) is 19.1. The standard InChI is InChI=1S/C16H29N5/c17-7-2-10-21-11-3-8-18-13-15-5-1-6-16(20-15)14-19-9-4-12-21/h1,5-6,18-19H,2-4,7-14,17H2. The number of nitrogens with zero attached hydrogens (tertiary/aromatic N) is 2. The molecule has 1 aromatic rings. The summed E-state index contributed by atoms with van der Waals surface area (Å²) in [6.07, 6.45) is 3.45. The van der Waals surface area contributed by atoms with E-state index in [-0.39, 0.29) is 0 Å². The molecule has 21 heavy (non-hydrogen) atoms. The van der Waals surface area contributed by atoms with Gasteiger partial charge in [-0.1, -0.05) is 6.07 Å². The summed E-state index contributed by atoms with van der Waals surface area (Å²) < 4.78 is 0. The van der Waals surface area contributed by atoms with Crippen molar-refractivity contribution < 1.29 is 0 Å². The first kappa shape index (κ1) is 16.4. The van der Waals surface area contributed by atoms with Crippen molar-refractivity contribution >= 4 is 0 Å². The Morgan fingerprint density at radius 1 is 1.05 bits per heavy atom. The van der Waals surface area contributed by atoms with Gasteiger partial charge < -0.3 is 21.3 Å². The first-order valence-corrected chi connectivity index (χ1v) is 8.17. The summed E-state index contributed by atoms with van der Waals surface area (Å²) >= 11 is 0. The van der Waals surface area contributed by atoms with E-state index in [1.165, 1.54) is 12.8 Å². The molecular formula is C16H29N5. The van der Waals surface area contributed by atoms with Gasteiger partial charge in [0.25, 0.3) is 0 Å². The van der Waals surface area contributed by atoms with Gasteiger partial charge in [-0.05, 0) is 70.7 Å². The molecule has 0 amide bonds. The second-order valence-corrected chi connectivity index (χ2v) is 5.66. The third kappa shape index (κ3) is 6.52. The Hall–Kier alpha value is -1.01. The topological polar surface area (TPSA) is 66.2 Å². The number of fused-ring (bicyclic) bond motifs is 2. The van der Waals surface area contributed by atoms with Crippen molar-refractivity contribution in [2.24, 2.45) is 5.73 Å². The largest absolute Gasteiger partial charge is 0.330 e. The highest BCUT2D eigenvalue weighted by molar-refractivity contribution is 5.11. The lowest BCUT2D eigenvalue weighted by Gasteiger charge is -2.22. The van der Waals surface area contributed by atoms with E-state index in [4.69, 9.17) is 5.73 Å². The molecule has 2 heterocycles. The zero-order chi connectivity index (χ0) is 14.8. The van der Waals surface area contributed by atoms with Crippen LogP contribution in [0.5, 0.6) is 0 Å². The van der Waals surface area contributed by atoms with Gasteiger partial charge in [0.15, 0.2) is 0 Å². The molecule has 1 aliphatic heterocycles. The highest BCUT2D eigenvalue weighted by Gasteiger charge is 2.05. The Morgan fingerprint density at radius 2 is 1.67 bits per heavy atom. The van der Waals surface area contributed by atoms with E-state index >= 15 is 0 Å². The van der Waals surface area contributed by atoms with Crippen LogP contribution in [0.3, 0.4) is 0 Å². The van der Waals surface area contributed by atoms with Crippen molar-refractivity contribution in [3.8, 4) is 0 Å². The molecule has 4 N–H and O–H groups in total. The molecule has 0 saturated heterocycles. The van der Waals surface area contributed by atoms with Crippen LogP contribution < -0.4 is 16.4 Å². The fourth-order valence-corrected chi connectivity index (χ4v) is 2.66. The zero-order valence-corrected chi connectivity index (χ0v) is 13.0. The van der Waals surface area contributed by atoms with Crippen molar-refractivity contribution in [2.75, 3.05) is 39.3 Å². The fraction of sp³-hybridized carbons (Fsp3) is 0.688. The summed E-state index contributed by atoms with van der Waals surface area (Å²) in [7, 11) is 0. The number of aromatic nitrogens is 1. The molecule has 0 spiro atoms. The lowest BCUT2D eigenvalue weighted by atomic mass is 10.2. The number of hydrogen-bond acceptors (Lipinski definition) is 5. The molecule has 1 aromatic heterocycles. The molecule has 5 heteroatoms. The molecule has 1 aliphatic rings. The van der Waals surface area contributed by atoms with Crippen LogP contribution in [0.1, 0.15) is 30.7 Å². The minimum Gasteiger partial charge on any atom is -0.330 e. The second-order valence-electron chi connectivity index (χ2n) is 5.66. The molecular weight excluding hydrogens is 262 g/mol. The minimum absolute atomic E-state index is 0.785. The van der Waals surface area contributed by atoms with Crippen molar-refractivity contribution in [2.45, 2.75) is 32.4 Å². The first-order valence-electron chi connectivity index (χ1n) is 8.17. The minimum atomic E-state index is 0.785. The lowest BCUT2D eigenvalue weighted by molar-refractivity contribution is 0.262. The molecule has 2 bridgehead atoms. The molecule has 0 aromatic carbocycles. The maximum Gasteiger partial charge on any atom is 0.0545 e. The Bertz CT molecular complexity index is 367. The van der Waals surface area contributed by atoms with E-state index in [0.29, 0.717) is 0 Å². The van der Waals surface area contributed by atoms with Gasteiger partial charge in [-0.15, -0.1) is 0 Å². The van der Waals surface area contributed by atoms with Crippen LogP contribution in [0.4, 0.5) is 0 Å². The molecule has 0 unspecified atom stereocenters. The summed E-state index contributed by atoms with van der Waals surface area (Å²) in [6.45, 7) is 8.02. The van der Waals surface area contributed by atoms with Gasteiger partial charge >= 0.3 is 0 Å². The third-order valence-corrected chi connectivity index (χ3v) is 3.81. The van der Waals surface area contributed by atoms with Crippen molar-refractivity contribution in [1.82, 2.24) is 20.5 Å². The highest BCUT2D eigenvalue weighted by atomic mass is 15.1. The van der Waals surface area contributed by atoms with Gasteiger partial charge in [-0.25, -0.2) is 0 Å². The number of rotatable bonds is 3. The van der Waals surface area contributed by atoms with E-state index in [2.05, 4.69) is 38.7 Å². The van der Waals surface area contributed by atoms with E-state index in [0.717, 1.165) is 70.2 Å². The molecule has 0 fully saturated rings. The molecule has 0 aliphatic carbocycles. The number of nitrogens with one attached hydrogen (secondary N) is 2. The van der Waals surface area contributed by atoms with Gasteiger partial charge in [0.1, 0.15) is 0 Å². The van der Waals surface area contributed by atoms with Gasteiger partial charge in [0, 0.05) is 13.1 Å². The van der Waals surface area contributed by atoms with Gasteiger partial charge in [0.2, 0.25) is 0 Å². The van der Waals surface area contributed by atoms with Crippen molar-refractivity contribution in [3.05, 3.63) is 29.6 Å². The highest BCUT2D eigenvalue weighted by Crippen LogP contribution is 2.01. The Balaban J connectivity index is 1.85. The number of pyridine rings is 1. The first-order chi connectivity index (χ1) is 10.4. The second kappa shape index (κ2) is 9.84. The van der Waals surface area contributed by atoms with E-state index in [1.54, 1.807) is 0 Å². The van der Waals surface area contributed by atoms with Crippen LogP contribution in [-0.4, -0.2) is 49.2 Å².